The minimum absolute atomic E-state index is 0.487. The summed E-state index contributed by atoms with van der Waals surface area (Å²) in [4.78, 5) is 0. The van der Waals surface area contributed by atoms with E-state index in [2.05, 4.69) is 29.6 Å². The van der Waals surface area contributed by atoms with Crippen LogP contribution < -0.4 is 5.32 Å². The van der Waals surface area contributed by atoms with Gasteiger partial charge in [-0.3, -0.25) is 0 Å². The standard InChI is InChI=1S/C14H21NOS/c1-14(16,10-17-2)9-15-13-7-11-5-3-4-6-12(11)8-13/h3-6,13,15-16H,7-10H2,1-2H3. The smallest absolute Gasteiger partial charge is 0.0833 e. The Balaban J connectivity index is 1.84. The average molecular weight is 251 g/mol. The quantitative estimate of drug-likeness (QED) is 0.838. The average Bonchev–Trinajstić information content (AvgIpc) is 2.69. The second kappa shape index (κ2) is 5.42. The maximum atomic E-state index is 10.1. The Morgan fingerprint density at radius 2 is 1.94 bits per heavy atom. The molecule has 1 aliphatic carbocycles. The highest BCUT2D eigenvalue weighted by atomic mass is 32.2. The van der Waals surface area contributed by atoms with Crippen LogP contribution in [0.5, 0.6) is 0 Å². The van der Waals surface area contributed by atoms with Gasteiger partial charge in [-0.05, 0) is 37.1 Å². The first-order valence-corrected chi connectivity index (χ1v) is 7.51. The third-order valence-electron chi connectivity index (χ3n) is 3.28. The maximum Gasteiger partial charge on any atom is 0.0833 e. The number of aliphatic hydroxyl groups is 1. The lowest BCUT2D eigenvalue weighted by molar-refractivity contribution is 0.0817. The minimum atomic E-state index is -0.603. The first-order valence-electron chi connectivity index (χ1n) is 6.12. The van der Waals surface area contributed by atoms with Crippen LogP contribution in [0.3, 0.4) is 0 Å². The molecule has 0 saturated carbocycles. The Bertz CT molecular complexity index is 353. The summed E-state index contributed by atoms with van der Waals surface area (Å²) in [5.74, 6) is 0.777. The molecule has 1 aromatic carbocycles. The minimum Gasteiger partial charge on any atom is -0.388 e. The molecule has 1 atom stereocenters. The van der Waals surface area contributed by atoms with E-state index >= 15 is 0 Å². The molecule has 1 aliphatic rings. The van der Waals surface area contributed by atoms with Gasteiger partial charge < -0.3 is 10.4 Å². The summed E-state index contributed by atoms with van der Waals surface area (Å²) in [5.41, 5.74) is 2.30. The molecule has 2 nitrogen and oxygen atoms in total. The molecule has 1 aromatic rings. The van der Waals surface area contributed by atoms with Crippen molar-refractivity contribution in [2.24, 2.45) is 0 Å². The zero-order valence-corrected chi connectivity index (χ0v) is 11.4. The second-order valence-electron chi connectivity index (χ2n) is 5.18. The van der Waals surface area contributed by atoms with E-state index in [4.69, 9.17) is 0 Å². The fourth-order valence-electron chi connectivity index (χ4n) is 2.43. The van der Waals surface area contributed by atoms with Crippen LogP contribution in [-0.2, 0) is 12.8 Å². The molecule has 0 aliphatic heterocycles. The van der Waals surface area contributed by atoms with E-state index in [9.17, 15) is 5.11 Å². The van der Waals surface area contributed by atoms with Crippen LogP contribution in [0.4, 0.5) is 0 Å². The van der Waals surface area contributed by atoms with Gasteiger partial charge in [-0.15, -0.1) is 0 Å². The molecular weight excluding hydrogens is 230 g/mol. The fourth-order valence-corrected chi connectivity index (χ4v) is 3.15. The van der Waals surface area contributed by atoms with Gasteiger partial charge in [0.15, 0.2) is 0 Å². The highest BCUT2D eigenvalue weighted by molar-refractivity contribution is 7.98. The molecule has 0 radical (unpaired) electrons. The molecule has 2 rings (SSSR count). The van der Waals surface area contributed by atoms with Crippen molar-refractivity contribution in [3.8, 4) is 0 Å². The van der Waals surface area contributed by atoms with Crippen molar-refractivity contribution < 1.29 is 5.11 Å². The summed E-state index contributed by atoms with van der Waals surface area (Å²) in [6.07, 6.45) is 4.21. The summed E-state index contributed by atoms with van der Waals surface area (Å²) in [7, 11) is 0. The molecule has 0 heterocycles. The summed E-state index contributed by atoms with van der Waals surface area (Å²) in [6.45, 7) is 2.57. The van der Waals surface area contributed by atoms with E-state index in [1.165, 1.54) is 11.1 Å². The molecule has 0 fully saturated rings. The van der Waals surface area contributed by atoms with Crippen LogP contribution >= 0.6 is 11.8 Å². The molecule has 94 valence electrons. The number of benzene rings is 1. The molecule has 0 aromatic heterocycles. The Morgan fingerprint density at radius 3 is 2.47 bits per heavy atom. The number of rotatable bonds is 5. The van der Waals surface area contributed by atoms with Crippen molar-refractivity contribution in [2.75, 3.05) is 18.6 Å². The van der Waals surface area contributed by atoms with E-state index in [0.29, 0.717) is 12.6 Å². The predicted molar refractivity (Wildman–Crippen MR) is 74.6 cm³/mol. The third-order valence-corrected chi connectivity index (χ3v) is 4.19. The summed E-state index contributed by atoms with van der Waals surface area (Å²) in [6, 6.07) is 9.10. The fraction of sp³-hybridized carbons (Fsp3) is 0.571. The first kappa shape index (κ1) is 12.9. The van der Waals surface area contributed by atoms with Crippen LogP contribution in [-0.4, -0.2) is 35.3 Å². The van der Waals surface area contributed by atoms with Crippen molar-refractivity contribution in [3.05, 3.63) is 35.4 Å². The molecule has 0 spiro atoms. The SMILES string of the molecule is CSCC(C)(O)CNC1Cc2ccccc2C1. The van der Waals surface area contributed by atoms with Gasteiger partial charge >= 0.3 is 0 Å². The number of nitrogens with one attached hydrogen (secondary N) is 1. The van der Waals surface area contributed by atoms with Crippen molar-refractivity contribution in [1.29, 1.82) is 0 Å². The maximum absolute atomic E-state index is 10.1. The Kier molecular flexibility index (Phi) is 4.13. The molecular formula is C14H21NOS. The lowest BCUT2D eigenvalue weighted by atomic mass is 10.1. The Labute approximate surface area is 108 Å². The summed E-state index contributed by atoms with van der Waals surface area (Å²) in [5, 5.41) is 13.6. The van der Waals surface area contributed by atoms with Crippen LogP contribution in [0.25, 0.3) is 0 Å². The van der Waals surface area contributed by atoms with Gasteiger partial charge in [0.05, 0.1) is 5.60 Å². The van der Waals surface area contributed by atoms with Gasteiger partial charge in [0.2, 0.25) is 0 Å². The topological polar surface area (TPSA) is 32.3 Å². The number of fused-ring (bicyclic) bond motifs is 1. The lowest BCUT2D eigenvalue weighted by Gasteiger charge is -2.25. The van der Waals surface area contributed by atoms with Gasteiger partial charge in [0.25, 0.3) is 0 Å². The molecule has 0 amide bonds. The van der Waals surface area contributed by atoms with Crippen LogP contribution in [0, 0.1) is 0 Å². The van der Waals surface area contributed by atoms with Crippen LogP contribution in [0.15, 0.2) is 24.3 Å². The summed E-state index contributed by atoms with van der Waals surface area (Å²) < 4.78 is 0. The van der Waals surface area contributed by atoms with Crippen molar-refractivity contribution in [3.63, 3.8) is 0 Å². The van der Waals surface area contributed by atoms with Crippen molar-refractivity contribution in [2.45, 2.75) is 31.4 Å². The molecule has 0 bridgehead atoms. The summed E-state index contributed by atoms with van der Waals surface area (Å²) >= 11 is 1.69. The van der Waals surface area contributed by atoms with E-state index in [0.717, 1.165) is 18.6 Å². The number of thioether (sulfide) groups is 1. The van der Waals surface area contributed by atoms with Crippen molar-refractivity contribution >= 4 is 11.8 Å². The zero-order chi connectivity index (χ0) is 12.3. The van der Waals surface area contributed by atoms with E-state index in [1.807, 2.05) is 13.2 Å². The first-order chi connectivity index (χ1) is 8.11. The van der Waals surface area contributed by atoms with E-state index < -0.39 is 5.60 Å². The highest BCUT2D eigenvalue weighted by Gasteiger charge is 2.24. The molecule has 1 unspecified atom stereocenters. The van der Waals surface area contributed by atoms with Gasteiger partial charge in [0.1, 0.15) is 0 Å². The zero-order valence-electron chi connectivity index (χ0n) is 10.6. The Hall–Kier alpha value is -0.510. The number of hydrogen-bond acceptors (Lipinski definition) is 3. The molecule has 2 N–H and O–H groups in total. The van der Waals surface area contributed by atoms with Gasteiger partial charge in [-0.1, -0.05) is 24.3 Å². The van der Waals surface area contributed by atoms with Crippen LogP contribution in [0.2, 0.25) is 0 Å². The Morgan fingerprint density at radius 1 is 1.35 bits per heavy atom. The van der Waals surface area contributed by atoms with E-state index in [1.54, 1.807) is 11.8 Å². The van der Waals surface area contributed by atoms with Crippen LogP contribution in [0.1, 0.15) is 18.1 Å². The molecule has 3 heteroatoms. The lowest BCUT2D eigenvalue weighted by Crippen LogP contribution is -2.44. The second-order valence-corrected chi connectivity index (χ2v) is 6.05. The molecule has 0 saturated heterocycles. The van der Waals surface area contributed by atoms with E-state index in [-0.39, 0.29) is 0 Å². The largest absolute Gasteiger partial charge is 0.388 e. The number of hydrogen-bond donors (Lipinski definition) is 2. The third kappa shape index (κ3) is 3.47. The van der Waals surface area contributed by atoms with Gasteiger partial charge in [0, 0.05) is 18.3 Å². The predicted octanol–water partition coefficient (Wildman–Crippen LogP) is 1.86. The van der Waals surface area contributed by atoms with Gasteiger partial charge in [-0.25, -0.2) is 0 Å². The van der Waals surface area contributed by atoms with Crippen molar-refractivity contribution in [1.82, 2.24) is 5.32 Å². The highest BCUT2D eigenvalue weighted by Crippen LogP contribution is 2.22. The van der Waals surface area contributed by atoms with Gasteiger partial charge in [-0.2, -0.15) is 11.8 Å². The monoisotopic (exact) mass is 251 g/mol. The normalized spacial score (nSPS) is 19.0. The molecule has 17 heavy (non-hydrogen) atoms.